The first-order chi connectivity index (χ1) is 9.96. The molecular weight excluding hydrogens is 288 g/mol. The predicted octanol–water partition coefficient (Wildman–Crippen LogP) is 4.38. The normalized spacial score (nSPS) is 11.0. The Morgan fingerprint density at radius 1 is 1.19 bits per heavy atom. The number of hydrogen-bond donors (Lipinski definition) is 1. The van der Waals surface area contributed by atoms with Gasteiger partial charge in [0.25, 0.3) is 0 Å². The molecule has 0 atom stereocenters. The second-order valence-corrected chi connectivity index (χ2v) is 5.59. The van der Waals surface area contributed by atoms with Gasteiger partial charge in [0, 0.05) is 24.2 Å². The van der Waals surface area contributed by atoms with Crippen LogP contribution in [0.5, 0.6) is 11.5 Å². The summed E-state index contributed by atoms with van der Waals surface area (Å²) in [6.45, 7) is 6.29. The maximum atomic E-state index is 6.52. The highest BCUT2D eigenvalue weighted by atomic mass is 35.5. The third-order valence-corrected chi connectivity index (χ3v) is 4.00. The zero-order chi connectivity index (χ0) is 15.7. The molecule has 0 saturated heterocycles. The van der Waals surface area contributed by atoms with Crippen LogP contribution in [-0.4, -0.2) is 26.3 Å². The zero-order valence-electron chi connectivity index (χ0n) is 13.3. The Morgan fingerprint density at radius 2 is 1.81 bits per heavy atom. The number of fused-ring (bicyclic) bond motifs is 1. The van der Waals surface area contributed by atoms with E-state index in [1.165, 1.54) is 0 Å². The molecule has 114 valence electrons. The summed E-state index contributed by atoms with van der Waals surface area (Å²) in [5.74, 6) is 1.57. The van der Waals surface area contributed by atoms with Crippen molar-refractivity contribution in [3.63, 3.8) is 0 Å². The van der Waals surface area contributed by atoms with E-state index in [1.54, 1.807) is 20.3 Å². The summed E-state index contributed by atoms with van der Waals surface area (Å²) >= 11 is 6.52. The van der Waals surface area contributed by atoms with Gasteiger partial charge in [-0.15, -0.1) is 0 Å². The van der Waals surface area contributed by atoms with Gasteiger partial charge in [-0.3, -0.25) is 0 Å². The summed E-state index contributed by atoms with van der Waals surface area (Å²) in [5, 5.41) is 4.65. The van der Waals surface area contributed by atoms with Crippen molar-refractivity contribution >= 4 is 28.2 Å². The van der Waals surface area contributed by atoms with E-state index in [0.29, 0.717) is 22.4 Å². The van der Waals surface area contributed by atoms with Crippen LogP contribution in [0.15, 0.2) is 6.07 Å². The highest BCUT2D eigenvalue weighted by Gasteiger charge is 2.21. The molecule has 1 heterocycles. The number of aryl methyl sites for hydroxylation is 1. The Kier molecular flexibility index (Phi) is 4.47. The first-order valence-electron chi connectivity index (χ1n) is 6.88. The molecule has 0 radical (unpaired) electrons. The van der Waals surface area contributed by atoms with E-state index in [0.717, 1.165) is 27.8 Å². The van der Waals surface area contributed by atoms with Crippen LogP contribution in [0, 0.1) is 6.92 Å². The molecule has 0 aliphatic carbocycles. The van der Waals surface area contributed by atoms with E-state index >= 15 is 0 Å². The number of aromatic nitrogens is 1. The van der Waals surface area contributed by atoms with Crippen molar-refractivity contribution in [2.45, 2.75) is 26.7 Å². The third kappa shape index (κ3) is 2.48. The second kappa shape index (κ2) is 5.98. The first-order valence-corrected chi connectivity index (χ1v) is 7.26. The van der Waals surface area contributed by atoms with Crippen molar-refractivity contribution in [3.05, 3.63) is 22.3 Å². The minimum Gasteiger partial charge on any atom is -0.495 e. The lowest BCUT2D eigenvalue weighted by Gasteiger charge is -2.20. The maximum absolute atomic E-state index is 6.52. The van der Waals surface area contributed by atoms with Crippen LogP contribution in [0.4, 0.5) is 5.69 Å². The van der Waals surface area contributed by atoms with E-state index in [9.17, 15) is 0 Å². The molecular formula is C16H21ClN2O2. The number of nitrogens with one attached hydrogen (secondary N) is 1. The smallest absolute Gasteiger partial charge is 0.148 e. The predicted molar refractivity (Wildman–Crippen MR) is 88.2 cm³/mol. The van der Waals surface area contributed by atoms with Gasteiger partial charge in [-0.05, 0) is 18.4 Å². The average Bonchev–Trinajstić information content (AvgIpc) is 2.45. The first kappa shape index (κ1) is 15.7. The molecule has 0 saturated carbocycles. The Labute approximate surface area is 130 Å². The summed E-state index contributed by atoms with van der Waals surface area (Å²) < 4.78 is 10.8. The van der Waals surface area contributed by atoms with Gasteiger partial charge in [-0.2, -0.15) is 0 Å². The number of pyridine rings is 1. The Balaban J connectivity index is 3.02. The van der Waals surface area contributed by atoms with Crippen molar-refractivity contribution in [2.24, 2.45) is 0 Å². The van der Waals surface area contributed by atoms with Gasteiger partial charge in [-0.25, -0.2) is 4.98 Å². The number of anilines is 1. The van der Waals surface area contributed by atoms with Crippen molar-refractivity contribution < 1.29 is 9.47 Å². The van der Waals surface area contributed by atoms with Crippen molar-refractivity contribution in [3.8, 4) is 11.5 Å². The standard InChI is InChI=1S/C16H21ClN2O2/c1-8(2)12-9(3)19-15-11(21-6)7-10(20-5)14(17)13(15)16(12)18-4/h7-8H,1-6H3,(H,18,19). The van der Waals surface area contributed by atoms with E-state index in [4.69, 9.17) is 26.1 Å². The summed E-state index contributed by atoms with van der Waals surface area (Å²) in [5.41, 5.74) is 3.85. The molecule has 1 aromatic heterocycles. The molecule has 0 fully saturated rings. The molecule has 1 N–H and O–H groups in total. The van der Waals surface area contributed by atoms with E-state index in [2.05, 4.69) is 19.2 Å². The van der Waals surface area contributed by atoms with E-state index < -0.39 is 0 Å². The fraction of sp³-hybridized carbons (Fsp3) is 0.438. The quantitative estimate of drug-likeness (QED) is 0.910. The Bertz CT molecular complexity index is 684. The van der Waals surface area contributed by atoms with Crippen LogP contribution >= 0.6 is 11.6 Å². The molecule has 0 amide bonds. The van der Waals surface area contributed by atoms with Gasteiger partial charge in [0.2, 0.25) is 0 Å². The summed E-state index contributed by atoms with van der Waals surface area (Å²) in [7, 11) is 5.10. The molecule has 0 bridgehead atoms. The molecule has 5 heteroatoms. The van der Waals surface area contributed by atoms with Crippen LogP contribution in [0.1, 0.15) is 31.0 Å². The fourth-order valence-corrected chi connectivity index (χ4v) is 3.07. The Morgan fingerprint density at radius 3 is 2.29 bits per heavy atom. The number of halogens is 1. The van der Waals surface area contributed by atoms with Crippen LogP contribution in [0.25, 0.3) is 10.9 Å². The number of nitrogens with zero attached hydrogens (tertiary/aromatic N) is 1. The minimum atomic E-state index is 0.331. The summed E-state index contributed by atoms with van der Waals surface area (Å²) in [4.78, 5) is 4.71. The number of hydrogen-bond acceptors (Lipinski definition) is 4. The Hall–Kier alpha value is -1.68. The van der Waals surface area contributed by atoms with Gasteiger partial charge < -0.3 is 14.8 Å². The molecule has 0 aliphatic heterocycles. The molecule has 21 heavy (non-hydrogen) atoms. The number of benzene rings is 1. The lowest BCUT2D eigenvalue weighted by atomic mass is 9.96. The van der Waals surface area contributed by atoms with Gasteiger partial charge in [0.15, 0.2) is 0 Å². The maximum Gasteiger partial charge on any atom is 0.148 e. The van der Waals surface area contributed by atoms with Gasteiger partial charge in [0.05, 0.1) is 24.9 Å². The van der Waals surface area contributed by atoms with Crippen LogP contribution < -0.4 is 14.8 Å². The lowest BCUT2D eigenvalue weighted by Crippen LogP contribution is -2.05. The minimum absolute atomic E-state index is 0.331. The van der Waals surface area contributed by atoms with Crippen LogP contribution in [0.2, 0.25) is 5.02 Å². The highest BCUT2D eigenvalue weighted by molar-refractivity contribution is 6.38. The molecule has 0 spiro atoms. The fourth-order valence-electron chi connectivity index (χ4n) is 2.75. The van der Waals surface area contributed by atoms with Crippen molar-refractivity contribution in [1.82, 2.24) is 4.98 Å². The largest absolute Gasteiger partial charge is 0.495 e. The number of methoxy groups -OCH3 is 2. The van der Waals surface area contributed by atoms with Crippen LogP contribution in [0.3, 0.4) is 0 Å². The average molecular weight is 309 g/mol. The third-order valence-electron chi connectivity index (χ3n) is 3.62. The molecule has 2 aromatic rings. The van der Waals surface area contributed by atoms with Crippen molar-refractivity contribution in [2.75, 3.05) is 26.6 Å². The number of ether oxygens (including phenoxy) is 2. The van der Waals surface area contributed by atoms with E-state index in [1.807, 2.05) is 14.0 Å². The molecule has 2 rings (SSSR count). The zero-order valence-corrected chi connectivity index (χ0v) is 14.1. The van der Waals surface area contributed by atoms with Gasteiger partial charge >= 0.3 is 0 Å². The molecule has 1 aromatic carbocycles. The number of rotatable bonds is 4. The monoisotopic (exact) mass is 308 g/mol. The van der Waals surface area contributed by atoms with Crippen LogP contribution in [-0.2, 0) is 0 Å². The molecule has 4 nitrogen and oxygen atoms in total. The van der Waals surface area contributed by atoms with Gasteiger partial charge in [-0.1, -0.05) is 25.4 Å². The highest BCUT2D eigenvalue weighted by Crippen LogP contribution is 2.44. The summed E-state index contributed by atoms with van der Waals surface area (Å²) in [6.07, 6.45) is 0. The lowest BCUT2D eigenvalue weighted by molar-refractivity contribution is 0.397. The summed E-state index contributed by atoms with van der Waals surface area (Å²) in [6, 6.07) is 1.77. The SMILES string of the molecule is CNc1c(C(C)C)c(C)nc2c(OC)cc(OC)c(Cl)c12. The van der Waals surface area contributed by atoms with E-state index in [-0.39, 0.29) is 0 Å². The molecule has 0 unspecified atom stereocenters. The van der Waals surface area contributed by atoms with Crippen molar-refractivity contribution in [1.29, 1.82) is 0 Å². The topological polar surface area (TPSA) is 43.4 Å². The van der Waals surface area contributed by atoms with Gasteiger partial charge in [0.1, 0.15) is 17.0 Å². The molecule has 0 aliphatic rings. The second-order valence-electron chi connectivity index (χ2n) is 5.21.